The molecule has 6 rings (SSSR count). The number of rotatable bonds is 4. The number of hydroxylamine groups is 2. The molecule has 6 fully saturated rings. The van der Waals surface area contributed by atoms with Crippen molar-refractivity contribution in [1.29, 1.82) is 0 Å². The predicted molar refractivity (Wildman–Crippen MR) is 124 cm³/mol. The summed E-state index contributed by atoms with van der Waals surface area (Å²) in [6.45, 7) is 12.7. The minimum Gasteiger partial charge on any atom is -0.429 e. The second kappa shape index (κ2) is 8.58. The molecule has 7 atom stereocenters. The van der Waals surface area contributed by atoms with Gasteiger partial charge in [0.25, 0.3) is 5.79 Å². The number of esters is 1. The van der Waals surface area contributed by atoms with Crippen LogP contribution in [0.15, 0.2) is 0 Å². The van der Waals surface area contributed by atoms with E-state index in [4.69, 9.17) is 38.0 Å². The molecule has 5 heterocycles. The molecule has 204 valence electrons. The topological polar surface area (TPSA) is 94.2 Å². The van der Waals surface area contributed by atoms with Crippen molar-refractivity contribution >= 4 is 5.97 Å². The molecule has 0 aromatic heterocycles. The Balaban J connectivity index is 1.27. The van der Waals surface area contributed by atoms with Gasteiger partial charge in [-0.1, -0.05) is 20.3 Å². The first-order chi connectivity index (χ1) is 16.9. The van der Waals surface area contributed by atoms with E-state index in [1.54, 1.807) is 5.06 Å². The molecular weight excluding hydrogens is 470 g/mol. The number of ether oxygens (including phenoxy) is 7. The highest BCUT2D eigenvalue weighted by molar-refractivity contribution is 5.80. The molecular formula is C26H41NO9. The van der Waals surface area contributed by atoms with E-state index in [-0.39, 0.29) is 18.1 Å². The third-order valence-electron chi connectivity index (χ3n) is 8.21. The molecule has 0 N–H and O–H groups in total. The van der Waals surface area contributed by atoms with Gasteiger partial charge >= 0.3 is 5.97 Å². The van der Waals surface area contributed by atoms with E-state index < -0.39 is 47.6 Å². The summed E-state index contributed by atoms with van der Waals surface area (Å²) in [6.07, 6.45) is 3.11. The highest BCUT2D eigenvalue weighted by Gasteiger charge is 2.70. The number of nitrogens with zero attached hydrogens (tertiary/aromatic N) is 1. The second-order valence-electron chi connectivity index (χ2n) is 12.6. The predicted octanol–water partition coefficient (Wildman–Crippen LogP) is 3.22. The van der Waals surface area contributed by atoms with Crippen LogP contribution in [0.25, 0.3) is 0 Å². The van der Waals surface area contributed by atoms with Gasteiger partial charge in [-0.15, -0.1) is 0 Å². The Morgan fingerprint density at radius 2 is 1.67 bits per heavy atom. The lowest BCUT2D eigenvalue weighted by molar-refractivity contribution is -0.354. The Kier molecular flexibility index (Phi) is 6.06. The molecule has 1 saturated carbocycles. The fourth-order valence-corrected chi connectivity index (χ4v) is 6.77. The molecule has 36 heavy (non-hydrogen) atoms. The average molecular weight is 512 g/mol. The van der Waals surface area contributed by atoms with Gasteiger partial charge in [0.1, 0.15) is 24.4 Å². The SMILES string of the molecule is CC(C)C[C@H]1CN([C@@H]2O[C@@H]([C@H]3COC(C)(C)O3)[C@H]3OC(C)(C)O[C@H]32)O[C@]12OC1(CCCCC1)OC2=O. The van der Waals surface area contributed by atoms with Crippen LogP contribution in [0.5, 0.6) is 0 Å². The van der Waals surface area contributed by atoms with Gasteiger partial charge in [-0.05, 0) is 52.9 Å². The lowest BCUT2D eigenvalue weighted by atomic mass is 9.89. The third kappa shape index (κ3) is 4.22. The molecule has 0 bridgehead atoms. The van der Waals surface area contributed by atoms with Crippen molar-refractivity contribution in [3.8, 4) is 0 Å². The summed E-state index contributed by atoms with van der Waals surface area (Å²) in [5, 5.41) is 1.74. The smallest absolute Gasteiger partial charge is 0.371 e. The van der Waals surface area contributed by atoms with Gasteiger partial charge in [0.05, 0.1) is 6.61 Å². The van der Waals surface area contributed by atoms with Crippen molar-refractivity contribution in [3.05, 3.63) is 0 Å². The number of fused-ring (bicyclic) bond motifs is 1. The highest BCUT2D eigenvalue weighted by atomic mass is 16.9. The van der Waals surface area contributed by atoms with Crippen molar-refractivity contribution in [2.24, 2.45) is 11.8 Å². The van der Waals surface area contributed by atoms with Crippen LogP contribution >= 0.6 is 0 Å². The molecule has 1 aliphatic carbocycles. The van der Waals surface area contributed by atoms with Crippen LogP contribution in [0.2, 0.25) is 0 Å². The Labute approximate surface area is 213 Å². The average Bonchev–Trinajstić information content (AvgIpc) is 3.53. The first-order valence-electron chi connectivity index (χ1n) is 13.6. The Bertz CT molecular complexity index is 871. The lowest BCUT2D eigenvalue weighted by Crippen LogP contribution is -2.47. The summed E-state index contributed by atoms with van der Waals surface area (Å²) in [4.78, 5) is 19.9. The van der Waals surface area contributed by atoms with Crippen molar-refractivity contribution in [2.45, 2.75) is 134 Å². The minimum atomic E-state index is -1.47. The van der Waals surface area contributed by atoms with Crippen LogP contribution in [0.4, 0.5) is 0 Å². The maximum atomic E-state index is 13.5. The summed E-state index contributed by atoms with van der Waals surface area (Å²) in [5.41, 5.74) is 0. The Hall–Kier alpha value is -0.850. The maximum Gasteiger partial charge on any atom is 0.371 e. The van der Waals surface area contributed by atoms with Crippen LogP contribution < -0.4 is 0 Å². The first-order valence-corrected chi connectivity index (χ1v) is 13.6. The fraction of sp³-hybridized carbons (Fsp3) is 0.962. The molecule has 5 saturated heterocycles. The summed E-state index contributed by atoms with van der Waals surface area (Å²) >= 11 is 0. The Morgan fingerprint density at radius 1 is 0.944 bits per heavy atom. The van der Waals surface area contributed by atoms with Gasteiger partial charge in [-0.2, -0.15) is 5.06 Å². The number of carbonyl (C=O) groups excluding carboxylic acids is 1. The third-order valence-corrected chi connectivity index (χ3v) is 8.21. The zero-order valence-corrected chi connectivity index (χ0v) is 22.3. The molecule has 0 aromatic rings. The summed E-state index contributed by atoms with van der Waals surface area (Å²) < 4.78 is 43.6. The van der Waals surface area contributed by atoms with Gasteiger partial charge in [0.2, 0.25) is 5.79 Å². The fourth-order valence-electron chi connectivity index (χ4n) is 6.77. The van der Waals surface area contributed by atoms with Gasteiger partial charge in [-0.3, -0.25) is 4.74 Å². The summed E-state index contributed by atoms with van der Waals surface area (Å²) in [6, 6.07) is 0. The highest BCUT2D eigenvalue weighted by Crippen LogP contribution is 2.52. The number of carbonyl (C=O) groups is 1. The van der Waals surface area contributed by atoms with E-state index in [1.165, 1.54) is 0 Å². The van der Waals surface area contributed by atoms with Gasteiger partial charge in [0, 0.05) is 25.3 Å². The quantitative estimate of drug-likeness (QED) is 0.524. The van der Waals surface area contributed by atoms with Crippen LogP contribution in [0.3, 0.4) is 0 Å². The maximum absolute atomic E-state index is 13.5. The van der Waals surface area contributed by atoms with E-state index >= 15 is 0 Å². The van der Waals surface area contributed by atoms with Crippen LogP contribution in [0, 0.1) is 11.8 Å². The molecule has 0 unspecified atom stereocenters. The van der Waals surface area contributed by atoms with Crippen LogP contribution in [0.1, 0.15) is 80.1 Å². The molecule has 6 aliphatic rings. The summed E-state index contributed by atoms with van der Waals surface area (Å²) in [5.74, 6) is -4.12. The molecule has 0 aromatic carbocycles. The largest absolute Gasteiger partial charge is 0.429 e. The monoisotopic (exact) mass is 511 g/mol. The first kappa shape index (κ1) is 25.4. The van der Waals surface area contributed by atoms with Crippen LogP contribution in [-0.4, -0.2) is 78.0 Å². The zero-order chi connectivity index (χ0) is 25.5. The van der Waals surface area contributed by atoms with Gasteiger partial charge in [-0.25, -0.2) is 9.63 Å². The molecule has 2 spiro atoms. The van der Waals surface area contributed by atoms with Crippen LogP contribution in [-0.2, 0) is 42.8 Å². The van der Waals surface area contributed by atoms with Crippen molar-refractivity contribution < 1.29 is 42.8 Å². The molecule has 0 radical (unpaired) electrons. The lowest BCUT2D eigenvalue weighted by Gasteiger charge is -2.33. The molecule has 0 amide bonds. The van der Waals surface area contributed by atoms with E-state index in [0.717, 1.165) is 25.7 Å². The van der Waals surface area contributed by atoms with Gasteiger partial charge in [0.15, 0.2) is 17.8 Å². The number of hydrogen-bond donors (Lipinski definition) is 0. The normalized spacial score (nSPS) is 45.2. The Morgan fingerprint density at radius 3 is 2.33 bits per heavy atom. The van der Waals surface area contributed by atoms with Crippen molar-refractivity contribution in [3.63, 3.8) is 0 Å². The van der Waals surface area contributed by atoms with E-state index in [9.17, 15) is 4.79 Å². The zero-order valence-electron chi connectivity index (χ0n) is 22.3. The van der Waals surface area contributed by atoms with Gasteiger partial charge < -0.3 is 28.4 Å². The minimum absolute atomic E-state index is 0.201. The summed E-state index contributed by atoms with van der Waals surface area (Å²) in [7, 11) is 0. The standard InChI is InChI=1S/C26H41NO9/c1-15(2)12-16-13-27(36-26(16)22(28)34-25(35-26)10-8-7-9-11-25)21-20-19(32-24(5,6)33-20)18(30-21)17-14-29-23(3,4)31-17/h15-21H,7-14H2,1-6H3/t16-,17+,18-,19+,20+,21+,26+/m0/s1. The van der Waals surface area contributed by atoms with Crippen molar-refractivity contribution in [2.75, 3.05) is 13.2 Å². The molecule has 10 heteroatoms. The van der Waals surface area contributed by atoms with Crippen molar-refractivity contribution in [1.82, 2.24) is 5.06 Å². The second-order valence-corrected chi connectivity index (χ2v) is 12.6. The molecule has 10 nitrogen and oxygen atoms in total. The van der Waals surface area contributed by atoms with E-state index in [1.807, 2.05) is 27.7 Å². The van der Waals surface area contributed by atoms with E-state index in [0.29, 0.717) is 31.9 Å². The molecule has 5 aliphatic heterocycles. The number of hydrogen-bond acceptors (Lipinski definition) is 10. The van der Waals surface area contributed by atoms with E-state index in [2.05, 4.69) is 13.8 Å².